The monoisotopic (exact) mass is 998 g/mol. The van der Waals surface area contributed by atoms with Crippen molar-refractivity contribution in [3.8, 4) is 0 Å². The molecule has 0 bridgehead atoms. The highest BCUT2D eigenvalue weighted by Crippen LogP contribution is 2.51. The molecule has 77 heavy (non-hydrogen) atoms. The molecule has 3 nitrogen and oxygen atoms in total. The van der Waals surface area contributed by atoms with E-state index in [1.807, 2.05) is 0 Å². The third-order valence-corrected chi connectivity index (χ3v) is 16.2. The Kier molecular flexibility index (Phi) is 12.3. The van der Waals surface area contributed by atoms with Crippen LogP contribution in [0.4, 0.5) is 51.2 Å². The van der Waals surface area contributed by atoms with Crippen LogP contribution >= 0.6 is 0 Å². The Morgan fingerprint density at radius 3 is 1.14 bits per heavy atom. The van der Waals surface area contributed by atoms with Crippen molar-refractivity contribution in [1.82, 2.24) is 0 Å². The van der Waals surface area contributed by atoms with Crippen molar-refractivity contribution in [2.75, 3.05) is 14.7 Å². The molecule has 0 amide bonds. The van der Waals surface area contributed by atoms with Gasteiger partial charge in [-0.2, -0.15) is 0 Å². The lowest BCUT2D eigenvalue weighted by atomic mass is 9.33. The molecule has 4 heteroatoms. The minimum absolute atomic E-state index is 0.0438. The summed E-state index contributed by atoms with van der Waals surface area (Å²) in [6.07, 6.45) is 0. The second kappa shape index (κ2) is 19.0. The fraction of sp³-hybridized carbons (Fsp3) is 0.178. The molecule has 0 atom stereocenters. The van der Waals surface area contributed by atoms with Gasteiger partial charge in [-0.1, -0.05) is 238 Å². The van der Waals surface area contributed by atoms with Crippen LogP contribution in [0.5, 0.6) is 0 Å². The first-order valence-corrected chi connectivity index (χ1v) is 27.5. The molecule has 0 aliphatic carbocycles. The van der Waals surface area contributed by atoms with Crippen molar-refractivity contribution in [3.05, 3.63) is 288 Å². The number of anilines is 9. The fourth-order valence-electron chi connectivity index (χ4n) is 12.2. The molecule has 0 saturated heterocycles. The van der Waals surface area contributed by atoms with Crippen LogP contribution in [0, 0.1) is 0 Å². The van der Waals surface area contributed by atoms with Crippen molar-refractivity contribution >= 4 is 74.3 Å². The number of fused-ring (bicyclic) bond motifs is 4. The Morgan fingerprint density at radius 2 is 0.675 bits per heavy atom. The van der Waals surface area contributed by atoms with Gasteiger partial charge in [-0.15, -0.1) is 0 Å². The fourth-order valence-corrected chi connectivity index (χ4v) is 12.2. The summed E-state index contributed by atoms with van der Waals surface area (Å²) < 4.78 is 0. The van der Waals surface area contributed by atoms with Gasteiger partial charge in [0.2, 0.25) is 0 Å². The van der Waals surface area contributed by atoms with E-state index in [4.69, 9.17) is 0 Å². The lowest BCUT2D eigenvalue weighted by molar-refractivity contribution is 0.569. The van der Waals surface area contributed by atoms with Gasteiger partial charge in [-0.05, 0) is 144 Å². The summed E-state index contributed by atoms with van der Waals surface area (Å²) in [4.78, 5) is 7.62. The summed E-state index contributed by atoms with van der Waals surface area (Å²) in [6, 6.07) is 93.2. The number of hydrogen-bond acceptors (Lipinski definition) is 3. The van der Waals surface area contributed by atoms with E-state index in [1.54, 1.807) is 0 Å². The zero-order valence-corrected chi connectivity index (χ0v) is 46.1. The van der Waals surface area contributed by atoms with Crippen molar-refractivity contribution in [1.29, 1.82) is 0 Å². The average molecular weight is 998 g/mol. The van der Waals surface area contributed by atoms with Crippen LogP contribution in [0.15, 0.2) is 249 Å². The molecule has 2 aliphatic heterocycles. The summed E-state index contributed by atoms with van der Waals surface area (Å²) in [5.41, 5.74) is 22.1. The molecule has 12 rings (SSSR count). The highest BCUT2D eigenvalue weighted by Gasteiger charge is 2.45. The number of para-hydroxylation sites is 3. The van der Waals surface area contributed by atoms with E-state index >= 15 is 0 Å². The first-order chi connectivity index (χ1) is 37.1. The van der Waals surface area contributed by atoms with Gasteiger partial charge in [0.25, 0.3) is 6.71 Å². The Hall–Kier alpha value is -8.34. The standard InChI is InChI=1S/C73H68BN3/c1-70(2,3)55-41-44-64-66(48-55)77(61-46-56(71(4,5)6)45-57(47-61)72(7,8)9)68-50-62(75(58-33-21-13-22-34-58)59-35-23-14-24-36-59)49-67-69(68)74(64)63-37-25-26-38-65(63)76(67)60-42-39-54(40-43-60)73(51-27-15-10-16-28-51,52-29-17-11-18-30-52)53-31-19-12-20-32-53/h10-50H,1-9H3. The average Bonchev–Trinajstić information content (AvgIpc) is 3.64. The number of hydrogen-bond donors (Lipinski definition) is 0. The van der Waals surface area contributed by atoms with E-state index in [2.05, 4.69) is 326 Å². The summed E-state index contributed by atoms with van der Waals surface area (Å²) >= 11 is 0. The molecule has 378 valence electrons. The first-order valence-electron chi connectivity index (χ1n) is 27.5. The predicted molar refractivity (Wildman–Crippen MR) is 330 cm³/mol. The topological polar surface area (TPSA) is 9.72 Å². The Balaban J connectivity index is 1.18. The number of benzene rings is 10. The summed E-state index contributed by atoms with van der Waals surface area (Å²) in [6.45, 7) is 21.1. The quantitative estimate of drug-likeness (QED) is 0.105. The van der Waals surface area contributed by atoms with Crippen LogP contribution in [-0.2, 0) is 21.7 Å². The normalized spacial score (nSPS) is 13.2. The molecule has 10 aromatic carbocycles. The highest BCUT2D eigenvalue weighted by molar-refractivity contribution is 7.00. The molecule has 0 N–H and O–H groups in total. The van der Waals surface area contributed by atoms with Gasteiger partial charge in [-0.25, -0.2) is 0 Å². The van der Waals surface area contributed by atoms with Gasteiger partial charge in [0.15, 0.2) is 0 Å². The third kappa shape index (κ3) is 8.65. The zero-order valence-electron chi connectivity index (χ0n) is 46.1. The lowest BCUT2D eigenvalue weighted by Gasteiger charge is -2.45. The molecule has 0 saturated carbocycles. The van der Waals surface area contributed by atoms with Gasteiger partial charge in [0, 0.05) is 45.5 Å². The Bertz CT molecular complexity index is 3570. The molecule has 0 aromatic heterocycles. The van der Waals surface area contributed by atoms with Gasteiger partial charge in [0.1, 0.15) is 0 Å². The van der Waals surface area contributed by atoms with E-state index in [9.17, 15) is 0 Å². The van der Waals surface area contributed by atoms with E-state index in [1.165, 1.54) is 78.1 Å². The maximum atomic E-state index is 2.63. The van der Waals surface area contributed by atoms with E-state index < -0.39 is 5.41 Å². The van der Waals surface area contributed by atoms with Crippen LogP contribution in [-0.4, -0.2) is 6.71 Å². The van der Waals surface area contributed by atoms with Gasteiger partial charge < -0.3 is 14.7 Å². The minimum atomic E-state index is -0.582. The maximum absolute atomic E-state index is 2.63. The van der Waals surface area contributed by atoms with Crippen molar-refractivity contribution < 1.29 is 0 Å². The molecule has 0 spiro atoms. The molecule has 2 heterocycles. The Morgan fingerprint density at radius 1 is 0.286 bits per heavy atom. The molecule has 0 radical (unpaired) electrons. The van der Waals surface area contributed by atoms with Crippen LogP contribution < -0.4 is 31.1 Å². The van der Waals surface area contributed by atoms with E-state index in [0.717, 1.165) is 28.4 Å². The van der Waals surface area contributed by atoms with Crippen LogP contribution in [0.2, 0.25) is 0 Å². The molecular formula is C73H68BN3. The summed E-state index contributed by atoms with van der Waals surface area (Å²) in [7, 11) is 0. The highest BCUT2D eigenvalue weighted by atomic mass is 15.2. The number of nitrogens with zero attached hydrogens (tertiary/aromatic N) is 3. The van der Waals surface area contributed by atoms with E-state index in [0.29, 0.717) is 0 Å². The smallest absolute Gasteiger partial charge is 0.252 e. The van der Waals surface area contributed by atoms with Gasteiger partial charge in [-0.3, -0.25) is 0 Å². The largest absolute Gasteiger partial charge is 0.311 e. The van der Waals surface area contributed by atoms with Crippen molar-refractivity contribution in [2.45, 2.75) is 84.0 Å². The molecule has 0 unspecified atom stereocenters. The van der Waals surface area contributed by atoms with Crippen LogP contribution in [0.25, 0.3) is 0 Å². The van der Waals surface area contributed by atoms with Crippen LogP contribution in [0.1, 0.15) is 101 Å². The first kappa shape index (κ1) is 49.5. The summed E-state index contributed by atoms with van der Waals surface area (Å²) in [5.74, 6) is 0. The molecule has 10 aromatic rings. The summed E-state index contributed by atoms with van der Waals surface area (Å²) in [5, 5.41) is 0. The maximum Gasteiger partial charge on any atom is 0.252 e. The molecular weight excluding hydrogens is 930 g/mol. The zero-order chi connectivity index (χ0) is 53.3. The molecule has 0 fully saturated rings. The van der Waals surface area contributed by atoms with Gasteiger partial charge in [0.05, 0.1) is 11.1 Å². The van der Waals surface area contributed by atoms with Gasteiger partial charge >= 0.3 is 0 Å². The lowest BCUT2D eigenvalue weighted by Crippen LogP contribution is -2.61. The van der Waals surface area contributed by atoms with E-state index in [-0.39, 0.29) is 23.0 Å². The third-order valence-electron chi connectivity index (χ3n) is 16.2. The predicted octanol–water partition coefficient (Wildman–Crippen LogP) is 17.5. The SMILES string of the molecule is CC(C)(C)c1cc(N2c3cc(C(C)(C)C)ccc3B3c4ccccc4N(c4ccc(C(c5ccccc5)(c5ccccc5)c5ccccc5)cc4)c4cc(N(c5ccccc5)c5ccccc5)cc2c43)cc(C(C)(C)C)c1. The minimum Gasteiger partial charge on any atom is -0.311 e. The Labute approximate surface area is 458 Å². The second-order valence-electron chi connectivity index (χ2n) is 24.3. The number of rotatable bonds is 9. The van der Waals surface area contributed by atoms with Crippen molar-refractivity contribution in [2.24, 2.45) is 0 Å². The van der Waals surface area contributed by atoms with Crippen LogP contribution in [0.3, 0.4) is 0 Å². The van der Waals surface area contributed by atoms with Crippen molar-refractivity contribution in [3.63, 3.8) is 0 Å². The second-order valence-corrected chi connectivity index (χ2v) is 24.3. The molecule has 2 aliphatic rings.